The molecule has 134 valence electrons. The highest BCUT2D eigenvalue weighted by atomic mass is 19.1. The molecule has 1 aliphatic rings. The SMILES string of the molecule is O=C(c1cc(-c2ccco2)on1)N1CCC(Cc2ccc(F)cc2)CC1. The second-order valence-electron chi connectivity index (χ2n) is 6.62. The van der Waals surface area contributed by atoms with E-state index in [0.717, 1.165) is 24.8 Å². The van der Waals surface area contributed by atoms with Gasteiger partial charge >= 0.3 is 0 Å². The standard InChI is InChI=1S/C20H19FN2O3/c21-16-5-3-14(4-6-16)12-15-7-9-23(10-8-15)20(24)17-13-19(26-22-17)18-2-1-11-25-18/h1-6,11,13,15H,7-10,12H2. The Hall–Kier alpha value is -2.89. The van der Waals surface area contributed by atoms with Crippen LogP contribution in [0.2, 0.25) is 0 Å². The molecule has 3 aromatic rings. The van der Waals surface area contributed by atoms with Gasteiger partial charge in [0, 0.05) is 19.2 Å². The van der Waals surface area contributed by atoms with E-state index in [4.69, 9.17) is 8.94 Å². The van der Waals surface area contributed by atoms with E-state index in [9.17, 15) is 9.18 Å². The van der Waals surface area contributed by atoms with Crippen molar-refractivity contribution in [1.29, 1.82) is 0 Å². The second kappa shape index (κ2) is 7.15. The highest BCUT2D eigenvalue weighted by molar-refractivity contribution is 5.93. The number of halogens is 1. The summed E-state index contributed by atoms with van der Waals surface area (Å²) in [5.41, 5.74) is 1.43. The number of hydrogen-bond acceptors (Lipinski definition) is 4. The predicted molar refractivity (Wildman–Crippen MR) is 92.9 cm³/mol. The molecule has 1 amide bonds. The van der Waals surface area contributed by atoms with Crippen LogP contribution >= 0.6 is 0 Å². The van der Waals surface area contributed by atoms with Crippen molar-refractivity contribution in [3.8, 4) is 11.5 Å². The van der Waals surface area contributed by atoms with E-state index in [1.807, 2.05) is 17.0 Å². The van der Waals surface area contributed by atoms with Crippen LogP contribution in [0.1, 0.15) is 28.9 Å². The van der Waals surface area contributed by atoms with E-state index in [-0.39, 0.29) is 11.7 Å². The van der Waals surface area contributed by atoms with Gasteiger partial charge in [0.2, 0.25) is 5.76 Å². The Balaban J connectivity index is 1.34. The molecule has 0 bridgehead atoms. The lowest BCUT2D eigenvalue weighted by atomic mass is 9.90. The predicted octanol–water partition coefficient (Wildman–Crippen LogP) is 4.17. The van der Waals surface area contributed by atoms with E-state index in [1.165, 1.54) is 12.1 Å². The molecule has 4 rings (SSSR count). The summed E-state index contributed by atoms with van der Waals surface area (Å²) >= 11 is 0. The number of carbonyl (C=O) groups is 1. The zero-order valence-electron chi connectivity index (χ0n) is 14.2. The Morgan fingerprint density at radius 3 is 2.62 bits per heavy atom. The first-order valence-corrected chi connectivity index (χ1v) is 8.73. The van der Waals surface area contributed by atoms with Crippen LogP contribution in [-0.4, -0.2) is 29.1 Å². The molecule has 1 aromatic carbocycles. The average molecular weight is 354 g/mol. The summed E-state index contributed by atoms with van der Waals surface area (Å²) in [4.78, 5) is 14.4. The fraction of sp³-hybridized carbons (Fsp3) is 0.300. The third kappa shape index (κ3) is 3.54. The molecule has 0 N–H and O–H groups in total. The molecular weight excluding hydrogens is 335 g/mol. The summed E-state index contributed by atoms with van der Waals surface area (Å²) < 4.78 is 23.5. The van der Waals surface area contributed by atoms with Gasteiger partial charge in [0.05, 0.1) is 6.26 Å². The van der Waals surface area contributed by atoms with Crippen LogP contribution in [0.25, 0.3) is 11.5 Å². The van der Waals surface area contributed by atoms with Crippen molar-refractivity contribution >= 4 is 5.91 Å². The van der Waals surface area contributed by atoms with E-state index < -0.39 is 0 Å². The maximum atomic E-state index is 13.0. The van der Waals surface area contributed by atoms with Gasteiger partial charge in [-0.05, 0) is 55.0 Å². The smallest absolute Gasteiger partial charge is 0.276 e. The van der Waals surface area contributed by atoms with Crippen molar-refractivity contribution in [2.24, 2.45) is 5.92 Å². The fourth-order valence-corrected chi connectivity index (χ4v) is 3.37. The molecule has 6 heteroatoms. The van der Waals surface area contributed by atoms with Crippen LogP contribution < -0.4 is 0 Å². The molecule has 1 aliphatic heterocycles. The minimum atomic E-state index is -0.212. The summed E-state index contributed by atoms with van der Waals surface area (Å²) in [7, 11) is 0. The van der Waals surface area contributed by atoms with Gasteiger partial charge in [-0.25, -0.2) is 4.39 Å². The van der Waals surface area contributed by atoms with Crippen molar-refractivity contribution in [2.45, 2.75) is 19.3 Å². The first-order chi connectivity index (χ1) is 12.7. The highest BCUT2D eigenvalue weighted by Gasteiger charge is 2.26. The lowest BCUT2D eigenvalue weighted by Gasteiger charge is -2.31. The van der Waals surface area contributed by atoms with Crippen LogP contribution in [0.5, 0.6) is 0 Å². The Morgan fingerprint density at radius 2 is 1.92 bits per heavy atom. The molecule has 0 unspecified atom stereocenters. The number of carbonyl (C=O) groups excluding carboxylic acids is 1. The Bertz CT molecular complexity index is 863. The van der Waals surface area contributed by atoms with Gasteiger partial charge in [-0.15, -0.1) is 0 Å². The maximum absolute atomic E-state index is 13.0. The molecular formula is C20H19FN2O3. The summed E-state index contributed by atoms with van der Waals surface area (Å²) in [6.07, 6.45) is 4.30. The largest absolute Gasteiger partial charge is 0.461 e. The Labute approximate surface area is 150 Å². The number of rotatable bonds is 4. The molecule has 3 heterocycles. The minimum absolute atomic E-state index is 0.119. The van der Waals surface area contributed by atoms with Crippen molar-refractivity contribution < 1.29 is 18.1 Å². The van der Waals surface area contributed by atoms with E-state index >= 15 is 0 Å². The van der Waals surface area contributed by atoms with Crippen molar-refractivity contribution in [3.63, 3.8) is 0 Å². The summed E-state index contributed by atoms with van der Waals surface area (Å²) in [6.45, 7) is 1.38. The number of nitrogens with zero attached hydrogens (tertiary/aromatic N) is 2. The number of furan rings is 1. The monoisotopic (exact) mass is 354 g/mol. The van der Waals surface area contributed by atoms with Gasteiger partial charge in [-0.2, -0.15) is 0 Å². The molecule has 1 saturated heterocycles. The second-order valence-corrected chi connectivity index (χ2v) is 6.62. The van der Waals surface area contributed by atoms with Crippen molar-refractivity contribution in [2.75, 3.05) is 13.1 Å². The first kappa shape index (κ1) is 16.6. The number of amides is 1. The molecule has 0 radical (unpaired) electrons. The topological polar surface area (TPSA) is 59.5 Å². The number of likely N-dealkylation sites (tertiary alicyclic amines) is 1. The molecule has 0 atom stereocenters. The number of hydrogen-bond donors (Lipinski definition) is 0. The number of aromatic nitrogens is 1. The zero-order chi connectivity index (χ0) is 17.9. The molecule has 1 fully saturated rings. The van der Waals surface area contributed by atoms with Crippen LogP contribution in [0.4, 0.5) is 4.39 Å². The quantitative estimate of drug-likeness (QED) is 0.706. The van der Waals surface area contributed by atoms with Crippen molar-refractivity contribution in [1.82, 2.24) is 10.1 Å². The first-order valence-electron chi connectivity index (χ1n) is 8.73. The summed E-state index contributed by atoms with van der Waals surface area (Å²) in [5, 5.41) is 3.88. The van der Waals surface area contributed by atoms with Crippen molar-refractivity contribution in [3.05, 3.63) is 65.8 Å². The third-order valence-corrected chi connectivity index (χ3v) is 4.83. The van der Waals surface area contributed by atoms with Gasteiger partial charge in [0.15, 0.2) is 11.5 Å². The Kier molecular flexibility index (Phi) is 4.56. The average Bonchev–Trinajstić information content (AvgIpc) is 3.35. The molecule has 0 saturated carbocycles. The van der Waals surface area contributed by atoms with Gasteiger partial charge in [-0.1, -0.05) is 17.3 Å². The van der Waals surface area contributed by atoms with Crippen LogP contribution in [0, 0.1) is 11.7 Å². The maximum Gasteiger partial charge on any atom is 0.276 e. The number of benzene rings is 1. The van der Waals surface area contributed by atoms with Gasteiger partial charge in [0.1, 0.15) is 5.82 Å². The summed E-state index contributed by atoms with van der Waals surface area (Å²) in [6, 6.07) is 11.8. The highest BCUT2D eigenvalue weighted by Crippen LogP contribution is 2.25. The lowest BCUT2D eigenvalue weighted by molar-refractivity contribution is 0.0680. The van der Waals surface area contributed by atoms with E-state index in [0.29, 0.717) is 36.2 Å². The molecule has 2 aromatic heterocycles. The Morgan fingerprint density at radius 1 is 1.15 bits per heavy atom. The van der Waals surface area contributed by atoms with Gasteiger partial charge < -0.3 is 13.8 Å². The third-order valence-electron chi connectivity index (χ3n) is 4.83. The molecule has 0 spiro atoms. The normalized spacial score (nSPS) is 15.3. The summed E-state index contributed by atoms with van der Waals surface area (Å²) in [5.74, 6) is 1.17. The van der Waals surface area contributed by atoms with E-state index in [2.05, 4.69) is 5.16 Å². The number of piperidine rings is 1. The molecule has 0 aliphatic carbocycles. The fourth-order valence-electron chi connectivity index (χ4n) is 3.37. The van der Waals surface area contributed by atoms with E-state index in [1.54, 1.807) is 24.5 Å². The minimum Gasteiger partial charge on any atom is -0.461 e. The van der Waals surface area contributed by atoms with Gasteiger partial charge in [0.25, 0.3) is 5.91 Å². The molecule has 5 nitrogen and oxygen atoms in total. The zero-order valence-corrected chi connectivity index (χ0v) is 14.2. The van der Waals surface area contributed by atoms with Crippen LogP contribution in [0.3, 0.4) is 0 Å². The molecule has 26 heavy (non-hydrogen) atoms. The van der Waals surface area contributed by atoms with Gasteiger partial charge in [-0.3, -0.25) is 4.79 Å². The van der Waals surface area contributed by atoms with Crippen LogP contribution in [0.15, 0.2) is 57.7 Å². The van der Waals surface area contributed by atoms with Crippen LogP contribution in [-0.2, 0) is 6.42 Å². The lowest BCUT2D eigenvalue weighted by Crippen LogP contribution is -2.39.